The van der Waals surface area contributed by atoms with Gasteiger partial charge in [-0.2, -0.15) is 0 Å². The molecule has 1 saturated heterocycles. The number of thioether (sulfide) groups is 1. The van der Waals surface area contributed by atoms with E-state index in [1.165, 1.54) is 16.7 Å². The fourth-order valence-corrected chi connectivity index (χ4v) is 3.89. The Morgan fingerprint density at radius 3 is 2.41 bits per heavy atom. The van der Waals surface area contributed by atoms with Crippen molar-refractivity contribution in [3.8, 4) is 11.5 Å². The van der Waals surface area contributed by atoms with Gasteiger partial charge in [0.25, 0.3) is 5.91 Å². The molecule has 1 aliphatic rings. The molecule has 0 N–H and O–H groups in total. The van der Waals surface area contributed by atoms with Crippen LogP contribution >= 0.6 is 24.0 Å². The van der Waals surface area contributed by atoms with Gasteiger partial charge in [-0.25, -0.2) is 0 Å². The first-order chi connectivity index (χ1) is 13.2. The molecule has 0 saturated carbocycles. The molecule has 3 aromatic rings. The molecule has 1 amide bonds. The highest BCUT2D eigenvalue weighted by molar-refractivity contribution is 8.27. The van der Waals surface area contributed by atoms with E-state index in [1.54, 1.807) is 18.5 Å². The Labute approximate surface area is 166 Å². The lowest BCUT2D eigenvalue weighted by molar-refractivity contribution is -0.113. The third-order valence-electron chi connectivity index (χ3n) is 3.85. The number of carbonyl (C=O) groups is 1. The summed E-state index contributed by atoms with van der Waals surface area (Å²) in [6.07, 6.45) is 5.21. The Balaban J connectivity index is 1.54. The van der Waals surface area contributed by atoms with Crippen LogP contribution in [-0.4, -0.2) is 15.2 Å². The zero-order valence-electron chi connectivity index (χ0n) is 14.1. The van der Waals surface area contributed by atoms with Gasteiger partial charge in [0.15, 0.2) is 4.32 Å². The van der Waals surface area contributed by atoms with Crippen molar-refractivity contribution in [2.24, 2.45) is 0 Å². The molecule has 6 heteroatoms. The van der Waals surface area contributed by atoms with Gasteiger partial charge in [-0.3, -0.25) is 14.7 Å². The lowest BCUT2D eigenvalue weighted by atomic mass is 10.2. The zero-order valence-corrected chi connectivity index (χ0v) is 15.7. The first-order valence-corrected chi connectivity index (χ1v) is 9.44. The lowest BCUT2D eigenvalue weighted by Crippen LogP contribution is -2.27. The zero-order chi connectivity index (χ0) is 18.6. The molecule has 1 aliphatic heterocycles. The van der Waals surface area contributed by atoms with E-state index < -0.39 is 0 Å². The van der Waals surface area contributed by atoms with E-state index >= 15 is 0 Å². The Morgan fingerprint density at radius 1 is 0.963 bits per heavy atom. The molecular formula is C21H14N2O2S2. The van der Waals surface area contributed by atoms with E-state index in [2.05, 4.69) is 4.98 Å². The maximum Gasteiger partial charge on any atom is 0.270 e. The number of para-hydroxylation sites is 1. The van der Waals surface area contributed by atoms with E-state index in [9.17, 15) is 4.79 Å². The van der Waals surface area contributed by atoms with Crippen molar-refractivity contribution in [2.45, 2.75) is 0 Å². The van der Waals surface area contributed by atoms with Crippen molar-refractivity contribution in [2.75, 3.05) is 4.90 Å². The van der Waals surface area contributed by atoms with Crippen molar-refractivity contribution < 1.29 is 9.53 Å². The first-order valence-electron chi connectivity index (χ1n) is 8.22. The van der Waals surface area contributed by atoms with Gasteiger partial charge >= 0.3 is 0 Å². The van der Waals surface area contributed by atoms with Crippen LogP contribution in [0.4, 0.5) is 5.69 Å². The van der Waals surface area contributed by atoms with E-state index in [4.69, 9.17) is 17.0 Å². The van der Waals surface area contributed by atoms with Crippen LogP contribution in [0.2, 0.25) is 0 Å². The van der Waals surface area contributed by atoms with E-state index in [0.29, 0.717) is 20.7 Å². The highest BCUT2D eigenvalue weighted by Gasteiger charge is 2.33. The number of carbonyl (C=O) groups excluding carboxylic acids is 1. The van der Waals surface area contributed by atoms with Crippen molar-refractivity contribution in [1.29, 1.82) is 0 Å². The highest BCUT2D eigenvalue weighted by Crippen LogP contribution is 2.36. The number of hydrogen-bond donors (Lipinski definition) is 0. The molecule has 1 aromatic heterocycles. The number of thiocarbonyl (C=S) groups is 1. The average Bonchev–Trinajstić information content (AvgIpc) is 2.97. The maximum atomic E-state index is 12.8. The van der Waals surface area contributed by atoms with Crippen LogP contribution in [0.3, 0.4) is 0 Å². The van der Waals surface area contributed by atoms with Gasteiger partial charge in [0.05, 0.1) is 10.6 Å². The monoisotopic (exact) mass is 390 g/mol. The van der Waals surface area contributed by atoms with E-state index in [1.807, 2.05) is 66.7 Å². The second-order valence-electron chi connectivity index (χ2n) is 5.71. The predicted octanol–water partition coefficient (Wildman–Crippen LogP) is 5.28. The Hall–Kier alpha value is -2.96. The molecule has 0 unspecified atom stereocenters. The van der Waals surface area contributed by atoms with Gasteiger partial charge < -0.3 is 4.74 Å². The van der Waals surface area contributed by atoms with Gasteiger partial charge in [-0.05, 0) is 54.1 Å². The minimum Gasteiger partial charge on any atom is -0.457 e. The summed E-state index contributed by atoms with van der Waals surface area (Å²) in [5.74, 6) is 1.32. The average molecular weight is 390 g/mol. The van der Waals surface area contributed by atoms with Crippen molar-refractivity contribution >= 4 is 46.0 Å². The van der Waals surface area contributed by atoms with Crippen LogP contribution in [0.5, 0.6) is 11.5 Å². The number of hydrogen-bond acceptors (Lipinski definition) is 5. The number of rotatable bonds is 4. The minimum atomic E-state index is -0.134. The third-order valence-corrected chi connectivity index (χ3v) is 5.15. The van der Waals surface area contributed by atoms with Crippen LogP contribution in [0.15, 0.2) is 84.0 Å². The van der Waals surface area contributed by atoms with Crippen LogP contribution in [0.1, 0.15) is 5.56 Å². The molecule has 0 aliphatic carbocycles. The predicted molar refractivity (Wildman–Crippen MR) is 113 cm³/mol. The smallest absolute Gasteiger partial charge is 0.270 e. The minimum absolute atomic E-state index is 0.134. The summed E-state index contributed by atoms with van der Waals surface area (Å²) >= 11 is 6.70. The summed E-state index contributed by atoms with van der Waals surface area (Å²) in [5, 5.41) is 0. The molecule has 0 bridgehead atoms. The molecule has 132 valence electrons. The number of pyridine rings is 1. The van der Waals surface area contributed by atoms with Gasteiger partial charge in [0, 0.05) is 12.4 Å². The van der Waals surface area contributed by atoms with Crippen LogP contribution in [0.25, 0.3) is 6.08 Å². The normalized spacial score (nSPS) is 15.4. The molecule has 0 radical (unpaired) electrons. The Morgan fingerprint density at radius 2 is 1.70 bits per heavy atom. The summed E-state index contributed by atoms with van der Waals surface area (Å²) in [6.45, 7) is 0. The van der Waals surface area contributed by atoms with Crippen molar-refractivity contribution in [3.05, 3.63) is 89.6 Å². The Bertz CT molecular complexity index is 1000. The summed E-state index contributed by atoms with van der Waals surface area (Å²) in [4.78, 5) is 19.0. The molecule has 2 aromatic carbocycles. The molecule has 4 nitrogen and oxygen atoms in total. The largest absolute Gasteiger partial charge is 0.457 e. The van der Waals surface area contributed by atoms with Gasteiger partial charge in [0.2, 0.25) is 0 Å². The summed E-state index contributed by atoms with van der Waals surface area (Å²) in [6, 6.07) is 20.6. The highest BCUT2D eigenvalue weighted by atomic mass is 32.2. The molecule has 0 spiro atoms. The fraction of sp³-hybridized carbons (Fsp3) is 0. The lowest BCUT2D eigenvalue weighted by Gasteiger charge is -2.15. The number of anilines is 1. The van der Waals surface area contributed by atoms with E-state index in [0.717, 1.165) is 11.3 Å². The first kappa shape index (κ1) is 17.5. The molecule has 4 rings (SSSR count). The standard InChI is InChI=1S/C21H14N2O2S2/c24-20-19(13-15-5-4-12-22-14-15)27-21(26)23(20)16-8-10-18(11-9-16)25-17-6-2-1-3-7-17/h1-14H/b19-13-. The number of benzene rings is 2. The number of nitrogens with zero attached hydrogens (tertiary/aromatic N) is 2. The van der Waals surface area contributed by atoms with Crippen LogP contribution in [-0.2, 0) is 4.79 Å². The molecular weight excluding hydrogens is 376 g/mol. The Kier molecular flexibility index (Phi) is 5.00. The van der Waals surface area contributed by atoms with E-state index in [-0.39, 0.29) is 5.91 Å². The van der Waals surface area contributed by atoms with Crippen molar-refractivity contribution in [1.82, 2.24) is 4.98 Å². The molecule has 27 heavy (non-hydrogen) atoms. The maximum absolute atomic E-state index is 12.8. The summed E-state index contributed by atoms with van der Waals surface area (Å²) < 4.78 is 6.30. The molecule has 1 fully saturated rings. The fourth-order valence-electron chi connectivity index (χ4n) is 2.59. The van der Waals surface area contributed by atoms with Gasteiger partial charge in [-0.1, -0.05) is 48.2 Å². The molecule has 2 heterocycles. The quantitative estimate of drug-likeness (QED) is 0.448. The number of amides is 1. The summed E-state index contributed by atoms with van der Waals surface area (Å²) in [5.41, 5.74) is 1.58. The van der Waals surface area contributed by atoms with Gasteiger partial charge in [0.1, 0.15) is 11.5 Å². The SMILES string of the molecule is O=C1/C(=C/c2cccnc2)SC(=S)N1c1ccc(Oc2ccccc2)cc1. The van der Waals surface area contributed by atoms with Crippen LogP contribution in [0, 0.1) is 0 Å². The van der Waals surface area contributed by atoms with Crippen LogP contribution < -0.4 is 9.64 Å². The molecule has 0 atom stereocenters. The summed E-state index contributed by atoms with van der Waals surface area (Å²) in [7, 11) is 0. The van der Waals surface area contributed by atoms with Gasteiger partial charge in [-0.15, -0.1) is 0 Å². The topological polar surface area (TPSA) is 42.4 Å². The third kappa shape index (κ3) is 3.92. The second-order valence-corrected chi connectivity index (χ2v) is 7.39. The van der Waals surface area contributed by atoms with Crippen molar-refractivity contribution in [3.63, 3.8) is 0 Å². The second kappa shape index (κ2) is 7.73. The number of aromatic nitrogens is 1. The number of ether oxygens (including phenoxy) is 1.